The molecule has 0 aromatic carbocycles. The molecule has 0 saturated heterocycles. The number of hydrogen-bond donors (Lipinski definition) is 1. The molecule has 0 aliphatic heterocycles. The zero-order chi connectivity index (χ0) is 10.9. The number of rotatable bonds is 8. The van der Waals surface area contributed by atoms with Crippen molar-refractivity contribution in [1.29, 1.82) is 0 Å². The molecule has 0 unspecified atom stereocenters. The molecule has 16 heavy (non-hydrogen) atoms. The third kappa shape index (κ3) is 6.13. The molecule has 1 rings (SSSR count). The minimum Gasteiger partial charge on any atom is -0.311 e. The maximum absolute atomic E-state index is 4.42. The number of nitrogens with one attached hydrogen (secondary N) is 1. The fraction of sp³-hybridized carbons (Fsp3) is 0.750. The molecule has 0 aliphatic carbocycles. The van der Waals surface area contributed by atoms with Crippen LogP contribution in [-0.2, 0) is 13.1 Å². The van der Waals surface area contributed by atoms with E-state index in [1.165, 1.54) is 25.7 Å². The van der Waals surface area contributed by atoms with Crippen LogP contribution in [-0.4, -0.2) is 16.3 Å². The lowest BCUT2D eigenvalue weighted by Gasteiger charge is -2.01. The topological polar surface area (TPSA) is 29.9 Å². The molecule has 0 amide bonds. The summed E-state index contributed by atoms with van der Waals surface area (Å²) in [6, 6.07) is 2.09. The summed E-state index contributed by atoms with van der Waals surface area (Å²) < 4.78 is 1.97. The highest BCUT2D eigenvalue weighted by atomic mass is 35.5. The first-order chi connectivity index (χ1) is 7.36. The van der Waals surface area contributed by atoms with E-state index in [1.54, 1.807) is 0 Å². The molecule has 0 fully saturated rings. The Morgan fingerprint density at radius 3 is 2.69 bits per heavy atom. The SMILES string of the molecule is CCCCCCNCc1ccn(CC)n1.Cl. The Hall–Kier alpha value is -0.540. The van der Waals surface area contributed by atoms with Gasteiger partial charge in [-0.25, -0.2) is 0 Å². The van der Waals surface area contributed by atoms with Crippen molar-refractivity contribution >= 4 is 12.4 Å². The third-order valence-electron chi connectivity index (χ3n) is 2.53. The van der Waals surface area contributed by atoms with Gasteiger partial charge in [0.05, 0.1) is 5.69 Å². The molecule has 0 aliphatic rings. The standard InChI is InChI=1S/C12H23N3.ClH/c1-3-5-6-7-9-13-11-12-8-10-15(4-2)14-12;/h8,10,13H,3-7,9,11H2,1-2H3;1H. The van der Waals surface area contributed by atoms with Crippen molar-refractivity contribution in [2.75, 3.05) is 6.54 Å². The zero-order valence-electron chi connectivity index (χ0n) is 10.4. The smallest absolute Gasteiger partial charge is 0.0762 e. The van der Waals surface area contributed by atoms with Gasteiger partial charge < -0.3 is 5.32 Å². The van der Waals surface area contributed by atoms with Crippen molar-refractivity contribution in [2.24, 2.45) is 0 Å². The van der Waals surface area contributed by atoms with Crippen LogP contribution in [0.4, 0.5) is 0 Å². The molecule has 3 nitrogen and oxygen atoms in total. The van der Waals surface area contributed by atoms with Crippen molar-refractivity contribution < 1.29 is 0 Å². The van der Waals surface area contributed by atoms with Gasteiger partial charge in [-0.2, -0.15) is 5.10 Å². The fourth-order valence-corrected chi connectivity index (χ4v) is 1.57. The highest BCUT2D eigenvalue weighted by molar-refractivity contribution is 5.85. The van der Waals surface area contributed by atoms with Crippen molar-refractivity contribution in [1.82, 2.24) is 15.1 Å². The molecule has 1 heterocycles. The van der Waals surface area contributed by atoms with Crippen LogP contribution in [0, 0.1) is 0 Å². The Morgan fingerprint density at radius 1 is 1.25 bits per heavy atom. The van der Waals surface area contributed by atoms with Crippen LogP contribution < -0.4 is 5.32 Å². The summed E-state index contributed by atoms with van der Waals surface area (Å²) in [4.78, 5) is 0. The summed E-state index contributed by atoms with van der Waals surface area (Å²) in [5, 5.41) is 7.84. The van der Waals surface area contributed by atoms with Gasteiger partial charge in [-0.1, -0.05) is 26.2 Å². The minimum atomic E-state index is 0. The van der Waals surface area contributed by atoms with Gasteiger partial charge in [0, 0.05) is 19.3 Å². The summed E-state index contributed by atoms with van der Waals surface area (Å²) in [5.41, 5.74) is 1.15. The first kappa shape index (κ1) is 15.5. The lowest BCUT2D eigenvalue weighted by molar-refractivity contribution is 0.581. The van der Waals surface area contributed by atoms with Crippen molar-refractivity contribution in [2.45, 2.75) is 52.6 Å². The van der Waals surface area contributed by atoms with Crippen LogP contribution in [0.2, 0.25) is 0 Å². The molecule has 1 N–H and O–H groups in total. The number of aryl methyl sites for hydroxylation is 1. The van der Waals surface area contributed by atoms with E-state index in [0.29, 0.717) is 0 Å². The summed E-state index contributed by atoms with van der Waals surface area (Å²) in [6.45, 7) is 7.31. The van der Waals surface area contributed by atoms with Gasteiger partial charge in [0.15, 0.2) is 0 Å². The van der Waals surface area contributed by atoms with Crippen LogP contribution in [0.5, 0.6) is 0 Å². The molecule has 0 bridgehead atoms. The second-order valence-electron chi connectivity index (χ2n) is 3.90. The first-order valence-electron chi connectivity index (χ1n) is 6.09. The molecule has 0 saturated carbocycles. The van der Waals surface area contributed by atoms with Gasteiger partial charge in [0.1, 0.15) is 0 Å². The average Bonchev–Trinajstić information content (AvgIpc) is 2.71. The maximum Gasteiger partial charge on any atom is 0.0762 e. The minimum absolute atomic E-state index is 0. The van der Waals surface area contributed by atoms with Crippen molar-refractivity contribution in [3.8, 4) is 0 Å². The lowest BCUT2D eigenvalue weighted by Crippen LogP contribution is -2.15. The predicted molar refractivity (Wildman–Crippen MR) is 71.0 cm³/mol. The fourth-order valence-electron chi connectivity index (χ4n) is 1.57. The van der Waals surface area contributed by atoms with Gasteiger partial charge in [-0.3, -0.25) is 4.68 Å². The van der Waals surface area contributed by atoms with Gasteiger partial charge in [-0.05, 0) is 26.0 Å². The largest absolute Gasteiger partial charge is 0.311 e. The first-order valence-corrected chi connectivity index (χ1v) is 6.09. The maximum atomic E-state index is 4.42. The van der Waals surface area contributed by atoms with E-state index in [1.807, 2.05) is 10.9 Å². The summed E-state index contributed by atoms with van der Waals surface area (Å²) >= 11 is 0. The van der Waals surface area contributed by atoms with E-state index in [2.05, 4.69) is 30.3 Å². The monoisotopic (exact) mass is 245 g/mol. The van der Waals surface area contributed by atoms with Crippen molar-refractivity contribution in [3.63, 3.8) is 0 Å². The molecule has 4 heteroatoms. The third-order valence-corrected chi connectivity index (χ3v) is 2.53. The van der Waals surface area contributed by atoms with Gasteiger partial charge >= 0.3 is 0 Å². The Balaban J connectivity index is 0.00000225. The second-order valence-corrected chi connectivity index (χ2v) is 3.90. The Kier molecular flexibility index (Phi) is 9.34. The number of nitrogens with zero attached hydrogens (tertiary/aromatic N) is 2. The number of aromatic nitrogens is 2. The van der Waals surface area contributed by atoms with Crippen LogP contribution in [0.3, 0.4) is 0 Å². The lowest BCUT2D eigenvalue weighted by atomic mass is 10.2. The molecule has 1 aromatic heterocycles. The van der Waals surface area contributed by atoms with Gasteiger partial charge in [0.2, 0.25) is 0 Å². The molecule has 94 valence electrons. The molecular formula is C12H24ClN3. The van der Waals surface area contributed by atoms with Gasteiger partial charge in [-0.15, -0.1) is 12.4 Å². The molecule has 0 spiro atoms. The van der Waals surface area contributed by atoms with E-state index in [4.69, 9.17) is 0 Å². The normalized spacial score (nSPS) is 10.1. The van der Waals surface area contributed by atoms with E-state index >= 15 is 0 Å². The second kappa shape index (κ2) is 9.67. The Labute approximate surface area is 105 Å². The number of hydrogen-bond acceptors (Lipinski definition) is 2. The zero-order valence-corrected chi connectivity index (χ0v) is 11.2. The Morgan fingerprint density at radius 2 is 2.06 bits per heavy atom. The highest BCUT2D eigenvalue weighted by Crippen LogP contribution is 1.98. The van der Waals surface area contributed by atoms with Gasteiger partial charge in [0.25, 0.3) is 0 Å². The number of halogens is 1. The van der Waals surface area contributed by atoms with E-state index in [9.17, 15) is 0 Å². The van der Waals surface area contributed by atoms with Crippen LogP contribution >= 0.6 is 12.4 Å². The average molecular weight is 246 g/mol. The van der Waals surface area contributed by atoms with Crippen molar-refractivity contribution in [3.05, 3.63) is 18.0 Å². The summed E-state index contributed by atoms with van der Waals surface area (Å²) in [7, 11) is 0. The van der Waals surface area contributed by atoms with Crippen LogP contribution in [0.25, 0.3) is 0 Å². The van der Waals surface area contributed by atoms with Crippen LogP contribution in [0.15, 0.2) is 12.3 Å². The number of unbranched alkanes of at least 4 members (excludes halogenated alkanes) is 3. The molecule has 0 atom stereocenters. The quantitative estimate of drug-likeness (QED) is 0.714. The highest BCUT2D eigenvalue weighted by Gasteiger charge is 1.96. The van der Waals surface area contributed by atoms with E-state index < -0.39 is 0 Å². The molecule has 1 aromatic rings. The van der Waals surface area contributed by atoms with E-state index in [-0.39, 0.29) is 12.4 Å². The Bertz CT molecular complexity index is 261. The molecular weight excluding hydrogens is 222 g/mol. The summed E-state index contributed by atoms with van der Waals surface area (Å²) in [6.07, 6.45) is 7.32. The predicted octanol–water partition coefficient (Wildman–Crippen LogP) is 2.99. The summed E-state index contributed by atoms with van der Waals surface area (Å²) in [5.74, 6) is 0. The molecule has 0 radical (unpaired) electrons. The van der Waals surface area contributed by atoms with Crippen LogP contribution in [0.1, 0.15) is 45.2 Å². The van der Waals surface area contributed by atoms with E-state index in [0.717, 1.165) is 25.3 Å².